The number of carbonyl (C=O) groups excluding carboxylic acids is 1. The minimum Gasteiger partial charge on any atom is -0.353 e. The van der Waals surface area contributed by atoms with Crippen LogP contribution >= 0.6 is 11.8 Å². The number of hydrogen-bond donors (Lipinski definition) is 2. The van der Waals surface area contributed by atoms with Gasteiger partial charge < -0.3 is 10.3 Å². The summed E-state index contributed by atoms with van der Waals surface area (Å²) >= 11 is 1.44. The molecule has 2 N–H and O–H groups in total. The fourth-order valence-electron chi connectivity index (χ4n) is 1.80. The molecule has 0 aliphatic heterocycles. The van der Waals surface area contributed by atoms with Crippen LogP contribution in [-0.4, -0.2) is 27.7 Å². The van der Waals surface area contributed by atoms with E-state index < -0.39 is 0 Å². The molecule has 17 heavy (non-hydrogen) atoms. The molecule has 1 amide bonds. The Morgan fingerprint density at radius 3 is 2.88 bits per heavy atom. The number of H-pyrrole nitrogens is 1. The first-order valence-corrected chi connectivity index (χ1v) is 7.25. The van der Waals surface area contributed by atoms with Gasteiger partial charge in [-0.05, 0) is 12.8 Å². The zero-order valence-electron chi connectivity index (χ0n) is 10.5. The van der Waals surface area contributed by atoms with Crippen molar-refractivity contribution < 1.29 is 6.22 Å². The van der Waals surface area contributed by atoms with Crippen molar-refractivity contribution in [2.24, 2.45) is 0 Å². The van der Waals surface area contributed by atoms with Gasteiger partial charge in [0.15, 0.2) is 5.16 Å². The van der Waals surface area contributed by atoms with Crippen LogP contribution in [-0.2, 0) is 4.79 Å². The quantitative estimate of drug-likeness (QED) is 0.815. The van der Waals surface area contributed by atoms with E-state index in [0.717, 1.165) is 18.0 Å². The summed E-state index contributed by atoms with van der Waals surface area (Å²) in [6.07, 6.45) is 8.22. The van der Waals surface area contributed by atoms with E-state index in [1.54, 1.807) is 12.4 Å². The minimum atomic E-state index is 0. The van der Waals surface area contributed by atoms with E-state index in [4.69, 9.17) is 0 Å². The number of rotatable bonds is 4. The second-order valence-corrected chi connectivity index (χ2v) is 4.70. The standard InChI is InChI=1S/C10H15N3OS.C2H6.H2/c14-9(13-8-3-1-2-4-8)7-15-10-11-5-6-12-10;1-2;/h5-6,8H,1-4,7H2,(H,11,12)(H,13,14);1-2H3;1H. The molecule has 1 fully saturated rings. The third-order valence-corrected chi connectivity index (χ3v) is 3.44. The van der Waals surface area contributed by atoms with Gasteiger partial charge in [-0.1, -0.05) is 38.5 Å². The van der Waals surface area contributed by atoms with Crippen molar-refractivity contribution in [2.45, 2.75) is 50.7 Å². The fourth-order valence-corrected chi connectivity index (χ4v) is 2.44. The lowest BCUT2D eigenvalue weighted by Gasteiger charge is -2.10. The number of amides is 1. The van der Waals surface area contributed by atoms with E-state index in [2.05, 4.69) is 15.3 Å². The molecule has 0 spiro atoms. The van der Waals surface area contributed by atoms with Crippen molar-refractivity contribution in [3.63, 3.8) is 0 Å². The summed E-state index contributed by atoms with van der Waals surface area (Å²) in [5, 5.41) is 3.84. The van der Waals surface area contributed by atoms with Crippen LogP contribution in [0.25, 0.3) is 0 Å². The Bertz CT molecular complexity index is 313. The van der Waals surface area contributed by atoms with Crippen LogP contribution in [0, 0.1) is 0 Å². The summed E-state index contributed by atoms with van der Waals surface area (Å²) in [6.45, 7) is 4.00. The first kappa shape index (κ1) is 14.1. The van der Waals surface area contributed by atoms with Gasteiger partial charge in [0.25, 0.3) is 0 Å². The van der Waals surface area contributed by atoms with E-state index in [9.17, 15) is 4.79 Å². The number of imidazole rings is 1. The summed E-state index contributed by atoms with van der Waals surface area (Å²) in [4.78, 5) is 18.5. The van der Waals surface area contributed by atoms with Crippen molar-refractivity contribution in [3.8, 4) is 0 Å². The van der Waals surface area contributed by atoms with Crippen LogP contribution in [0.2, 0.25) is 0 Å². The number of nitrogens with one attached hydrogen (secondary N) is 2. The normalized spacial score (nSPS) is 15.2. The fraction of sp³-hybridized carbons (Fsp3) is 0.667. The van der Waals surface area contributed by atoms with E-state index >= 15 is 0 Å². The van der Waals surface area contributed by atoms with Crippen LogP contribution in [0.4, 0.5) is 0 Å². The van der Waals surface area contributed by atoms with Gasteiger partial charge in [0.2, 0.25) is 5.91 Å². The Morgan fingerprint density at radius 1 is 1.59 bits per heavy atom. The lowest BCUT2D eigenvalue weighted by atomic mass is 10.2. The molecule has 0 bridgehead atoms. The molecule has 1 aliphatic carbocycles. The Balaban J connectivity index is 0.000000917. The van der Waals surface area contributed by atoms with Crippen LogP contribution in [0.3, 0.4) is 0 Å². The molecular formula is C12H23N3OS. The number of hydrogen-bond acceptors (Lipinski definition) is 3. The maximum atomic E-state index is 11.5. The summed E-state index contributed by atoms with van der Waals surface area (Å²) in [5.41, 5.74) is 0. The molecule has 0 atom stereocenters. The summed E-state index contributed by atoms with van der Waals surface area (Å²) < 4.78 is 0. The lowest BCUT2D eigenvalue weighted by Crippen LogP contribution is -2.33. The number of thioether (sulfide) groups is 1. The van der Waals surface area contributed by atoms with Crippen molar-refractivity contribution in [1.29, 1.82) is 0 Å². The maximum absolute atomic E-state index is 11.5. The van der Waals surface area contributed by atoms with Crippen LogP contribution in [0.15, 0.2) is 17.6 Å². The van der Waals surface area contributed by atoms with Gasteiger partial charge in [-0.2, -0.15) is 0 Å². The first-order valence-electron chi connectivity index (χ1n) is 6.26. The van der Waals surface area contributed by atoms with Gasteiger partial charge in [0.1, 0.15) is 0 Å². The van der Waals surface area contributed by atoms with Gasteiger partial charge in [-0.3, -0.25) is 4.79 Å². The highest BCUT2D eigenvalue weighted by molar-refractivity contribution is 7.99. The van der Waals surface area contributed by atoms with E-state index in [0.29, 0.717) is 11.8 Å². The van der Waals surface area contributed by atoms with Crippen LogP contribution < -0.4 is 5.32 Å². The summed E-state index contributed by atoms with van der Waals surface area (Å²) in [6, 6.07) is 0.412. The zero-order valence-corrected chi connectivity index (χ0v) is 11.3. The topological polar surface area (TPSA) is 57.8 Å². The molecule has 0 radical (unpaired) electrons. The molecule has 1 heterocycles. The second kappa shape index (κ2) is 8.17. The average Bonchev–Trinajstić information content (AvgIpc) is 3.01. The predicted octanol–water partition coefficient (Wildman–Crippen LogP) is 2.83. The number of carbonyl (C=O) groups is 1. The molecule has 0 unspecified atom stereocenters. The Morgan fingerprint density at radius 2 is 2.29 bits per heavy atom. The maximum Gasteiger partial charge on any atom is 0.230 e. The largest absolute Gasteiger partial charge is 0.353 e. The third kappa shape index (κ3) is 5.26. The summed E-state index contributed by atoms with van der Waals surface area (Å²) in [5.74, 6) is 0.563. The van der Waals surface area contributed by atoms with Gasteiger partial charge in [0.05, 0.1) is 5.75 Å². The van der Waals surface area contributed by atoms with Gasteiger partial charge in [-0.15, -0.1) is 0 Å². The molecule has 98 valence electrons. The lowest BCUT2D eigenvalue weighted by molar-refractivity contribution is -0.119. The van der Waals surface area contributed by atoms with Crippen molar-refractivity contribution in [1.82, 2.24) is 15.3 Å². The molecule has 2 rings (SSSR count). The van der Waals surface area contributed by atoms with Crippen molar-refractivity contribution in [3.05, 3.63) is 12.4 Å². The number of nitrogens with zero attached hydrogens (tertiary/aromatic N) is 1. The molecule has 4 nitrogen and oxygen atoms in total. The molecule has 1 aromatic heterocycles. The Hall–Kier alpha value is -0.970. The smallest absolute Gasteiger partial charge is 0.230 e. The minimum absolute atomic E-state index is 0. The van der Waals surface area contributed by atoms with E-state index in [1.807, 2.05) is 13.8 Å². The monoisotopic (exact) mass is 257 g/mol. The van der Waals surface area contributed by atoms with E-state index in [1.165, 1.54) is 24.6 Å². The zero-order chi connectivity index (χ0) is 12.5. The number of aromatic nitrogens is 2. The van der Waals surface area contributed by atoms with Gasteiger partial charge in [-0.25, -0.2) is 4.98 Å². The summed E-state index contributed by atoms with van der Waals surface area (Å²) in [7, 11) is 0. The molecular weight excluding hydrogens is 234 g/mol. The van der Waals surface area contributed by atoms with Crippen LogP contribution in [0.5, 0.6) is 0 Å². The van der Waals surface area contributed by atoms with Crippen LogP contribution in [0.1, 0.15) is 41.0 Å². The van der Waals surface area contributed by atoms with Gasteiger partial charge in [0, 0.05) is 19.9 Å². The number of aromatic amines is 1. The van der Waals surface area contributed by atoms with Crippen molar-refractivity contribution >= 4 is 17.7 Å². The highest BCUT2D eigenvalue weighted by Crippen LogP contribution is 2.18. The Kier molecular flexibility index (Phi) is 6.77. The molecule has 1 aromatic rings. The molecule has 0 aromatic carbocycles. The SMILES string of the molecule is CC.O=C(CSc1ncc[nH]1)NC1CCCC1.[HH]. The first-order chi connectivity index (χ1) is 8.34. The second-order valence-electron chi connectivity index (χ2n) is 3.73. The van der Waals surface area contributed by atoms with E-state index in [-0.39, 0.29) is 7.33 Å². The predicted molar refractivity (Wildman–Crippen MR) is 73.2 cm³/mol. The highest BCUT2D eigenvalue weighted by Gasteiger charge is 2.16. The van der Waals surface area contributed by atoms with Crippen molar-refractivity contribution in [2.75, 3.05) is 5.75 Å². The third-order valence-electron chi connectivity index (χ3n) is 2.53. The average molecular weight is 257 g/mol. The highest BCUT2D eigenvalue weighted by atomic mass is 32.2. The molecule has 1 saturated carbocycles. The molecule has 0 saturated heterocycles. The molecule has 1 aliphatic rings. The molecule has 5 heteroatoms. The Labute approximate surface area is 108 Å². The van der Waals surface area contributed by atoms with Gasteiger partial charge >= 0.3 is 0 Å².